The number of unbranched alkanes of at least 4 members (excludes halogenated alkanes) is 23. The van der Waals surface area contributed by atoms with Crippen molar-refractivity contribution in [1.29, 1.82) is 0 Å². The smallest absolute Gasteiger partial charge is 0.472 e. The molecule has 0 aliphatic heterocycles. The van der Waals surface area contributed by atoms with Crippen LogP contribution >= 0.6 is 7.82 Å². The third kappa shape index (κ3) is 38.6. The molecular weight excluding hydrogens is 721 g/mol. The highest BCUT2D eigenvalue weighted by Gasteiger charge is 2.28. The summed E-state index contributed by atoms with van der Waals surface area (Å²) in [5.41, 5.74) is 5.32. The van der Waals surface area contributed by atoms with E-state index in [1.807, 2.05) is 12.2 Å². The van der Waals surface area contributed by atoms with Crippen LogP contribution < -0.4 is 5.73 Å². The van der Waals surface area contributed by atoms with Crippen molar-refractivity contribution < 1.29 is 47.5 Å². The molecule has 0 rings (SSSR count). The molecule has 0 aliphatic rings. The standard InChI is InChI=1S/C43H80NO10P/c1-3-5-7-9-11-13-15-17-18-19-20-21-23-24-26-28-30-32-34-41(45)51-36-39(37-52-55(49,50)53-38-40(44)43(47)48)54-42(46)35-33-31-29-27-25-22-16-14-12-10-8-6-4-2/h22,25,29,31,39-40H,3-21,23-24,26-28,30,32-38,44H2,1-2H3,(H,47,48)(H,49,50)/b25-22+,31-29+/t39?,40-/m1/s1. The predicted molar refractivity (Wildman–Crippen MR) is 222 cm³/mol. The number of hydrogen-bond acceptors (Lipinski definition) is 9. The molecule has 4 N–H and O–H groups in total. The third-order valence-corrected chi connectivity index (χ3v) is 10.4. The van der Waals surface area contributed by atoms with Gasteiger partial charge in [-0.2, -0.15) is 0 Å². The van der Waals surface area contributed by atoms with E-state index in [2.05, 4.69) is 30.5 Å². The number of ether oxygens (including phenoxy) is 2. The lowest BCUT2D eigenvalue weighted by molar-refractivity contribution is -0.161. The van der Waals surface area contributed by atoms with E-state index in [1.54, 1.807) is 0 Å². The van der Waals surface area contributed by atoms with Crippen LogP contribution in [0, 0.1) is 0 Å². The Morgan fingerprint density at radius 3 is 1.49 bits per heavy atom. The number of aliphatic carboxylic acids is 1. The summed E-state index contributed by atoms with van der Waals surface area (Å²) in [6, 6.07) is -1.53. The first-order valence-electron chi connectivity index (χ1n) is 21.9. The molecule has 55 heavy (non-hydrogen) atoms. The van der Waals surface area contributed by atoms with Crippen LogP contribution in [0.3, 0.4) is 0 Å². The summed E-state index contributed by atoms with van der Waals surface area (Å²) in [5, 5.41) is 8.88. The second-order valence-corrected chi connectivity index (χ2v) is 16.3. The SMILES string of the molecule is CCCCCCCC/C=C/C/C=C/CCC(=O)OC(COC(=O)CCCCCCCCCCCCCCCCCCCC)COP(=O)(O)OC[C@@H](N)C(=O)O. The number of rotatable bonds is 41. The Morgan fingerprint density at radius 2 is 1.00 bits per heavy atom. The average Bonchev–Trinajstić information content (AvgIpc) is 3.16. The van der Waals surface area contributed by atoms with Crippen molar-refractivity contribution in [1.82, 2.24) is 0 Å². The zero-order valence-corrected chi connectivity index (χ0v) is 35.7. The lowest BCUT2D eigenvalue weighted by Gasteiger charge is -2.20. The van der Waals surface area contributed by atoms with Crippen molar-refractivity contribution in [2.24, 2.45) is 5.73 Å². The Morgan fingerprint density at radius 1 is 0.564 bits per heavy atom. The molecule has 0 spiro atoms. The zero-order chi connectivity index (χ0) is 40.7. The molecule has 0 aromatic heterocycles. The number of hydrogen-bond donors (Lipinski definition) is 3. The van der Waals surface area contributed by atoms with Gasteiger partial charge in [0.1, 0.15) is 12.6 Å². The molecule has 0 amide bonds. The maximum absolute atomic E-state index is 12.6. The summed E-state index contributed by atoms with van der Waals surface area (Å²) in [6.07, 6.45) is 39.8. The van der Waals surface area contributed by atoms with Crippen LogP contribution in [0.1, 0.15) is 200 Å². The summed E-state index contributed by atoms with van der Waals surface area (Å²) in [5.74, 6) is -2.45. The van der Waals surface area contributed by atoms with Crippen LogP contribution in [0.4, 0.5) is 0 Å². The van der Waals surface area contributed by atoms with Crippen LogP contribution in [0.25, 0.3) is 0 Å². The molecule has 2 unspecified atom stereocenters. The molecule has 11 nitrogen and oxygen atoms in total. The molecule has 3 atom stereocenters. The number of nitrogens with two attached hydrogens (primary N) is 1. The fourth-order valence-electron chi connectivity index (χ4n) is 6.00. The molecule has 0 aromatic rings. The van der Waals surface area contributed by atoms with Crippen LogP contribution in [0.2, 0.25) is 0 Å². The fourth-order valence-corrected chi connectivity index (χ4v) is 6.78. The molecule has 0 radical (unpaired) electrons. The normalized spacial score (nSPS) is 14.0. The van der Waals surface area contributed by atoms with E-state index in [4.69, 9.17) is 24.8 Å². The Balaban J connectivity index is 4.36. The van der Waals surface area contributed by atoms with Crippen LogP contribution in [-0.2, 0) is 37.5 Å². The number of allylic oxidation sites excluding steroid dienone is 4. The molecular formula is C43H80NO10P. The lowest BCUT2D eigenvalue weighted by Crippen LogP contribution is -2.34. The number of carbonyl (C=O) groups is 3. The second-order valence-electron chi connectivity index (χ2n) is 14.8. The van der Waals surface area contributed by atoms with E-state index in [-0.39, 0.29) is 19.4 Å². The fraction of sp³-hybridized carbons (Fsp3) is 0.837. The summed E-state index contributed by atoms with van der Waals surface area (Å²) in [7, 11) is -4.72. The molecule has 12 heteroatoms. The van der Waals surface area contributed by atoms with Crippen molar-refractivity contribution in [3.05, 3.63) is 24.3 Å². The van der Waals surface area contributed by atoms with Gasteiger partial charge in [-0.05, 0) is 32.1 Å². The Bertz CT molecular complexity index is 1040. The number of carbonyl (C=O) groups excluding carboxylic acids is 2. The van der Waals surface area contributed by atoms with Gasteiger partial charge >= 0.3 is 25.7 Å². The van der Waals surface area contributed by atoms with Gasteiger partial charge in [-0.3, -0.25) is 23.4 Å². The van der Waals surface area contributed by atoms with E-state index in [0.717, 1.165) is 32.1 Å². The number of esters is 2. The molecule has 0 heterocycles. The highest BCUT2D eigenvalue weighted by atomic mass is 31.2. The molecule has 0 aromatic carbocycles. The zero-order valence-electron chi connectivity index (χ0n) is 34.8. The Hall–Kier alpha value is -2.04. The van der Waals surface area contributed by atoms with E-state index >= 15 is 0 Å². The summed E-state index contributed by atoms with van der Waals surface area (Å²) in [6.45, 7) is 2.75. The molecule has 322 valence electrons. The van der Waals surface area contributed by atoms with E-state index in [9.17, 15) is 23.8 Å². The van der Waals surface area contributed by atoms with Gasteiger partial charge in [-0.15, -0.1) is 0 Å². The molecule has 0 saturated carbocycles. The van der Waals surface area contributed by atoms with Crippen LogP contribution in [-0.4, -0.2) is 59.9 Å². The van der Waals surface area contributed by atoms with Gasteiger partial charge in [0.15, 0.2) is 6.10 Å². The molecule has 0 bridgehead atoms. The second kappa shape index (κ2) is 38.8. The van der Waals surface area contributed by atoms with Gasteiger partial charge in [-0.25, -0.2) is 4.57 Å². The maximum Gasteiger partial charge on any atom is 0.472 e. The van der Waals surface area contributed by atoms with Gasteiger partial charge in [0.05, 0.1) is 13.2 Å². The minimum Gasteiger partial charge on any atom is -0.480 e. The van der Waals surface area contributed by atoms with Crippen molar-refractivity contribution in [3.8, 4) is 0 Å². The first kappa shape index (κ1) is 53.0. The third-order valence-electron chi connectivity index (χ3n) is 9.47. The average molecular weight is 802 g/mol. The Labute approximate surface area is 334 Å². The topological polar surface area (TPSA) is 172 Å². The van der Waals surface area contributed by atoms with Gasteiger partial charge in [-0.1, -0.05) is 179 Å². The molecule has 0 aliphatic carbocycles. The molecule has 0 saturated heterocycles. The quantitative estimate of drug-likeness (QED) is 0.0232. The predicted octanol–water partition coefficient (Wildman–Crippen LogP) is 11.5. The van der Waals surface area contributed by atoms with E-state index in [0.29, 0.717) is 12.8 Å². The number of carboxylic acids is 1. The molecule has 0 fully saturated rings. The van der Waals surface area contributed by atoms with Gasteiger partial charge < -0.3 is 25.2 Å². The highest BCUT2D eigenvalue weighted by molar-refractivity contribution is 7.47. The van der Waals surface area contributed by atoms with Gasteiger partial charge in [0.2, 0.25) is 0 Å². The van der Waals surface area contributed by atoms with Gasteiger partial charge in [0, 0.05) is 12.8 Å². The minimum atomic E-state index is -4.72. The summed E-state index contributed by atoms with van der Waals surface area (Å²) >= 11 is 0. The summed E-state index contributed by atoms with van der Waals surface area (Å²) < 4.78 is 32.6. The highest BCUT2D eigenvalue weighted by Crippen LogP contribution is 2.43. The first-order chi connectivity index (χ1) is 26.6. The van der Waals surface area contributed by atoms with E-state index in [1.165, 1.54) is 128 Å². The first-order valence-corrected chi connectivity index (χ1v) is 23.4. The number of carboxylic acid groups (broad SMARTS) is 1. The lowest BCUT2D eigenvalue weighted by atomic mass is 10.0. The van der Waals surface area contributed by atoms with Crippen molar-refractivity contribution >= 4 is 25.7 Å². The maximum atomic E-state index is 12.6. The van der Waals surface area contributed by atoms with Crippen molar-refractivity contribution in [2.75, 3.05) is 19.8 Å². The van der Waals surface area contributed by atoms with Crippen molar-refractivity contribution in [3.63, 3.8) is 0 Å². The van der Waals surface area contributed by atoms with Crippen LogP contribution in [0.5, 0.6) is 0 Å². The monoisotopic (exact) mass is 802 g/mol. The number of phosphoric acid groups is 1. The van der Waals surface area contributed by atoms with Crippen molar-refractivity contribution in [2.45, 2.75) is 212 Å². The Kier molecular flexibility index (Phi) is 37.4. The van der Waals surface area contributed by atoms with Gasteiger partial charge in [0.25, 0.3) is 0 Å². The largest absolute Gasteiger partial charge is 0.480 e. The van der Waals surface area contributed by atoms with E-state index < -0.39 is 51.1 Å². The number of phosphoric ester groups is 1. The summed E-state index contributed by atoms with van der Waals surface area (Å²) in [4.78, 5) is 45.9. The van der Waals surface area contributed by atoms with Crippen LogP contribution in [0.15, 0.2) is 24.3 Å². The minimum absolute atomic E-state index is 0.0580.